The van der Waals surface area contributed by atoms with Crippen LogP contribution in [0, 0.1) is 0 Å². The summed E-state index contributed by atoms with van der Waals surface area (Å²) in [5.41, 5.74) is 4.53. The fourth-order valence-corrected chi connectivity index (χ4v) is 4.21. The summed E-state index contributed by atoms with van der Waals surface area (Å²) < 4.78 is 0. The van der Waals surface area contributed by atoms with E-state index in [1.54, 1.807) is 6.20 Å². The van der Waals surface area contributed by atoms with Crippen LogP contribution in [0.25, 0.3) is 0 Å². The van der Waals surface area contributed by atoms with E-state index in [1.807, 2.05) is 4.90 Å². The SMILES string of the molecule is O=C(c1cn[nH]c1C1CCCCC1)N1CCCc2ccccc2C1. The Kier molecular flexibility index (Phi) is 4.37. The average molecular weight is 323 g/mol. The summed E-state index contributed by atoms with van der Waals surface area (Å²) in [6.07, 6.45) is 10.00. The van der Waals surface area contributed by atoms with Gasteiger partial charge in [0.2, 0.25) is 0 Å². The molecule has 2 aliphatic rings. The zero-order valence-corrected chi connectivity index (χ0v) is 14.1. The highest BCUT2D eigenvalue weighted by Gasteiger charge is 2.27. The monoisotopic (exact) mass is 323 g/mol. The van der Waals surface area contributed by atoms with Crippen LogP contribution in [0.5, 0.6) is 0 Å². The highest BCUT2D eigenvalue weighted by Crippen LogP contribution is 2.33. The maximum atomic E-state index is 13.2. The lowest BCUT2D eigenvalue weighted by Crippen LogP contribution is -2.31. The Hall–Kier alpha value is -2.10. The van der Waals surface area contributed by atoms with Gasteiger partial charge in [0.25, 0.3) is 5.91 Å². The summed E-state index contributed by atoms with van der Waals surface area (Å²) in [4.78, 5) is 15.2. The second kappa shape index (κ2) is 6.80. The van der Waals surface area contributed by atoms with Crippen LogP contribution in [-0.2, 0) is 13.0 Å². The number of hydrogen-bond donors (Lipinski definition) is 1. The van der Waals surface area contributed by atoms with Crippen LogP contribution >= 0.6 is 0 Å². The van der Waals surface area contributed by atoms with E-state index in [4.69, 9.17) is 0 Å². The van der Waals surface area contributed by atoms with Crippen molar-refractivity contribution < 1.29 is 4.79 Å². The topological polar surface area (TPSA) is 49.0 Å². The van der Waals surface area contributed by atoms with Gasteiger partial charge in [-0.25, -0.2) is 0 Å². The van der Waals surface area contributed by atoms with Gasteiger partial charge in [-0.3, -0.25) is 9.89 Å². The lowest BCUT2D eigenvalue weighted by Gasteiger charge is -2.24. The van der Waals surface area contributed by atoms with E-state index in [0.29, 0.717) is 12.5 Å². The van der Waals surface area contributed by atoms with Crippen molar-refractivity contribution in [1.29, 1.82) is 0 Å². The minimum atomic E-state index is 0.140. The number of fused-ring (bicyclic) bond motifs is 1. The molecule has 2 aromatic rings. The number of aromatic amines is 1. The number of hydrogen-bond acceptors (Lipinski definition) is 2. The molecule has 0 spiro atoms. The number of carbonyl (C=O) groups excluding carboxylic acids is 1. The van der Waals surface area contributed by atoms with Crippen molar-refractivity contribution in [3.05, 3.63) is 52.8 Å². The molecule has 4 rings (SSSR count). The summed E-state index contributed by atoms with van der Waals surface area (Å²) in [6.45, 7) is 1.53. The Labute approximate surface area is 143 Å². The Morgan fingerprint density at radius 3 is 2.71 bits per heavy atom. The Morgan fingerprint density at radius 2 is 1.88 bits per heavy atom. The fourth-order valence-electron chi connectivity index (χ4n) is 4.21. The molecule has 1 saturated carbocycles. The summed E-state index contributed by atoms with van der Waals surface area (Å²) in [5.74, 6) is 0.612. The van der Waals surface area contributed by atoms with Crippen molar-refractivity contribution in [1.82, 2.24) is 15.1 Å². The third kappa shape index (κ3) is 2.97. The van der Waals surface area contributed by atoms with Crippen LogP contribution in [-0.4, -0.2) is 27.5 Å². The van der Waals surface area contributed by atoms with Crippen molar-refractivity contribution >= 4 is 5.91 Å². The normalized spacial score (nSPS) is 18.9. The van der Waals surface area contributed by atoms with Gasteiger partial charge in [0.1, 0.15) is 0 Å². The van der Waals surface area contributed by atoms with E-state index < -0.39 is 0 Å². The molecule has 1 amide bonds. The van der Waals surface area contributed by atoms with E-state index in [-0.39, 0.29) is 5.91 Å². The molecule has 1 aromatic carbocycles. The van der Waals surface area contributed by atoms with Gasteiger partial charge in [-0.05, 0) is 36.8 Å². The first kappa shape index (κ1) is 15.4. The predicted octanol–water partition coefficient (Wildman–Crippen LogP) is 4.05. The second-order valence-electron chi connectivity index (χ2n) is 7.13. The molecular weight excluding hydrogens is 298 g/mol. The lowest BCUT2D eigenvalue weighted by molar-refractivity contribution is 0.0744. The number of H-pyrrole nitrogens is 1. The number of nitrogens with zero attached hydrogens (tertiary/aromatic N) is 2. The Morgan fingerprint density at radius 1 is 1.08 bits per heavy atom. The van der Waals surface area contributed by atoms with Crippen molar-refractivity contribution in [3.63, 3.8) is 0 Å². The molecule has 1 N–H and O–H groups in total. The van der Waals surface area contributed by atoms with Crippen molar-refractivity contribution in [2.75, 3.05) is 6.54 Å². The van der Waals surface area contributed by atoms with E-state index in [9.17, 15) is 4.79 Å². The van der Waals surface area contributed by atoms with Gasteiger partial charge in [-0.1, -0.05) is 43.5 Å². The zero-order chi connectivity index (χ0) is 16.4. The van der Waals surface area contributed by atoms with Crippen LogP contribution in [0.3, 0.4) is 0 Å². The van der Waals surface area contributed by atoms with Gasteiger partial charge in [-0.15, -0.1) is 0 Å². The number of aromatic nitrogens is 2. The highest BCUT2D eigenvalue weighted by atomic mass is 16.2. The molecule has 0 saturated heterocycles. The molecule has 126 valence electrons. The van der Waals surface area contributed by atoms with Crippen LogP contribution in [0.4, 0.5) is 0 Å². The van der Waals surface area contributed by atoms with Crippen LogP contribution in [0.1, 0.15) is 71.6 Å². The maximum absolute atomic E-state index is 13.2. The van der Waals surface area contributed by atoms with Gasteiger partial charge >= 0.3 is 0 Å². The number of rotatable bonds is 2. The first-order valence-corrected chi connectivity index (χ1v) is 9.22. The largest absolute Gasteiger partial charge is 0.334 e. The summed E-state index contributed by atoms with van der Waals surface area (Å²) in [5, 5.41) is 7.34. The van der Waals surface area contributed by atoms with E-state index in [2.05, 4.69) is 34.5 Å². The molecule has 24 heavy (non-hydrogen) atoms. The number of amides is 1. The van der Waals surface area contributed by atoms with Crippen molar-refractivity contribution in [3.8, 4) is 0 Å². The highest BCUT2D eigenvalue weighted by molar-refractivity contribution is 5.95. The molecular formula is C20H25N3O. The smallest absolute Gasteiger partial charge is 0.257 e. The third-order valence-corrected chi connectivity index (χ3v) is 5.55. The first-order valence-electron chi connectivity index (χ1n) is 9.22. The van der Waals surface area contributed by atoms with E-state index >= 15 is 0 Å². The minimum Gasteiger partial charge on any atom is -0.334 e. The van der Waals surface area contributed by atoms with Gasteiger partial charge in [0, 0.05) is 19.0 Å². The molecule has 1 fully saturated rings. The first-order chi connectivity index (χ1) is 11.8. The molecule has 4 nitrogen and oxygen atoms in total. The Balaban J connectivity index is 1.57. The third-order valence-electron chi connectivity index (χ3n) is 5.55. The van der Waals surface area contributed by atoms with E-state index in [0.717, 1.165) is 30.6 Å². The molecule has 1 aliphatic heterocycles. The predicted molar refractivity (Wildman–Crippen MR) is 93.9 cm³/mol. The van der Waals surface area contributed by atoms with Crippen molar-refractivity contribution in [2.45, 2.75) is 57.4 Å². The molecule has 0 bridgehead atoms. The molecule has 2 heterocycles. The average Bonchev–Trinajstić information content (AvgIpc) is 3.02. The van der Waals surface area contributed by atoms with E-state index in [1.165, 1.54) is 43.2 Å². The van der Waals surface area contributed by atoms with Crippen molar-refractivity contribution in [2.24, 2.45) is 0 Å². The zero-order valence-electron chi connectivity index (χ0n) is 14.1. The van der Waals surface area contributed by atoms with Crippen LogP contribution in [0.2, 0.25) is 0 Å². The van der Waals surface area contributed by atoms with Gasteiger partial charge in [-0.2, -0.15) is 5.10 Å². The molecule has 1 aliphatic carbocycles. The van der Waals surface area contributed by atoms with Gasteiger partial charge < -0.3 is 4.90 Å². The fraction of sp³-hybridized carbons (Fsp3) is 0.500. The minimum absolute atomic E-state index is 0.140. The number of carbonyl (C=O) groups is 1. The second-order valence-corrected chi connectivity index (χ2v) is 7.13. The summed E-state index contributed by atoms with van der Waals surface area (Å²) >= 11 is 0. The number of benzene rings is 1. The summed E-state index contributed by atoms with van der Waals surface area (Å²) in [6, 6.07) is 8.50. The summed E-state index contributed by atoms with van der Waals surface area (Å²) in [7, 11) is 0. The Bertz CT molecular complexity index is 715. The molecule has 4 heteroatoms. The van der Waals surface area contributed by atoms with Crippen LogP contribution in [0.15, 0.2) is 30.5 Å². The molecule has 0 atom stereocenters. The van der Waals surface area contributed by atoms with Crippen LogP contribution < -0.4 is 0 Å². The molecule has 1 aromatic heterocycles. The molecule has 0 radical (unpaired) electrons. The standard InChI is InChI=1S/C20H25N3O/c24-20(18-13-21-22-19(18)16-8-2-1-3-9-16)23-12-6-11-15-7-4-5-10-17(15)14-23/h4-5,7,10,13,16H,1-3,6,8-9,11-12,14H2,(H,21,22). The van der Waals surface area contributed by atoms with Gasteiger partial charge in [0.05, 0.1) is 17.5 Å². The van der Waals surface area contributed by atoms with Gasteiger partial charge in [0.15, 0.2) is 0 Å². The maximum Gasteiger partial charge on any atom is 0.257 e. The lowest BCUT2D eigenvalue weighted by atomic mass is 9.85. The number of aryl methyl sites for hydroxylation is 1. The quantitative estimate of drug-likeness (QED) is 0.906. The molecule has 0 unspecified atom stereocenters. The number of nitrogens with one attached hydrogen (secondary N) is 1.